The maximum atomic E-state index is 11.2. The second-order valence-electron chi connectivity index (χ2n) is 3.77. The zero-order valence-electron chi connectivity index (χ0n) is 10.8. The molecular weight excluding hydrogens is 222 g/mol. The molecule has 0 unspecified atom stereocenters. The normalized spacial score (nSPS) is 9.76. The molecule has 17 heavy (non-hydrogen) atoms. The Kier molecular flexibility index (Phi) is 10.4. The highest BCUT2D eigenvalue weighted by Gasteiger charge is 2.06. The number of esters is 1. The summed E-state index contributed by atoms with van der Waals surface area (Å²) in [4.78, 5) is 22.1. The summed E-state index contributed by atoms with van der Waals surface area (Å²) in [6.07, 6.45) is 4.43. The van der Waals surface area contributed by atoms with Crippen LogP contribution in [0, 0.1) is 0 Å². The SMILES string of the molecule is CCCCCCOC(=O)CNC(=O)OCCC. The van der Waals surface area contributed by atoms with Crippen molar-refractivity contribution in [1.29, 1.82) is 0 Å². The highest BCUT2D eigenvalue weighted by molar-refractivity contribution is 5.77. The van der Waals surface area contributed by atoms with Gasteiger partial charge in [-0.25, -0.2) is 4.79 Å². The second-order valence-corrected chi connectivity index (χ2v) is 3.77. The number of ether oxygens (including phenoxy) is 2. The third-order valence-electron chi connectivity index (χ3n) is 2.08. The van der Waals surface area contributed by atoms with Crippen molar-refractivity contribution in [1.82, 2.24) is 5.32 Å². The van der Waals surface area contributed by atoms with Crippen molar-refractivity contribution < 1.29 is 19.1 Å². The van der Waals surface area contributed by atoms with Crippen LogP contribution in [0.4, 0.5) is 4.79 Å². The van der Waals surface area contributed by atoms with E-state index >= 15 is 0 Å². The fourth-order valence-corrected chi connectivity index (χ4v) is 1.16. The van der Waals surface area contributed by atoms with Crippen molar-refractivity contribution in [2.45, 2.75) is 46.0 Å². The van der Waals surface area contributed by atoms with E-state index in [4.69, 9.17) is 9.47 Å². The van der Waals surface area contributed by atoms with E-state index in [-0.39, 0.29) is 6.54 Å². The summed E-state index contributed by atoms with van der Waals surface area (Å²) in [5, 5.41) is 2.33. The van der Waals surface area contributed by atoms with Crippen LogP contribution >= 0.6 is 0 Å². The van der Waals surface area contributed by atoms with Crippen LogP contribution in [0.15, 0.2) is 0 Å². The minimum Gasteiger partial charge on any atom is -0.464 e. The van der Waals surface area contributed by atoms with E-state index in [1.54, 1.807) is 0 Å². The molecule has 0 aliphatic rings. The van der Waals surface area contributed by atoms with Crippen molar-refractivity contribution in [3.63, 3.8) is 0 Å². The summed E-state index contributed by atoms with van der Waals surface area (Å²) in [6.45, 7) is 4.68. The molecule has 0 atom stereocenters. The van der Waals surface area contributed by atoms with Crippen molar-refractivity contribution in [3.8, 4) is 0 Å². The molecule has 100 valence electrons. The number of carbonyl (C=O) groups is 2. The summed E-state index contributed by atoms with van der Waals surface area (Å²) in [5.74, 6) is -0.421. The topological polar surface area (TPSA) is 64.6 Å². The van der Waals surface area contributed by atoms with Crippen LogP contribution in [0.25, 0.3) is 0 Å². The number of carbonyl (C=O) groups excluding carboxylic acids is 2. The Labute approximate surface area is 103 Å². The third kappa shape index (κ3) is 11.0. The minimum atomic E-state index is -0.574. The summed E-state index contributed by atoms with van der Waals surface area (Å²) in [6, 6.07) is 0. The predicted molar refractivity (Wildman–Crippen MR) is 64.7 cm³/mol. The number of alkyl carbamates (subject to hydrolysis) is 1. The van der Waals surface area contributed by atoms with Crippen LogP contribution in [0.3, 0.4) is 0 Å². The molecule has 0 aliphatic carbocycles. The number of amides is 1. The van der Waals surface area contributed by atoms with Gasteiger partial charge in [0.05, 0.1) is 13.2 Å². The number of unbranched alkanes of at least 4 members (excludes halogenated alkanes) is 3. The zero-order valence-corrected chi connectivity index (χ0v) is 10.8. The Balaban J connectivity index is 3.36. The first-order valence-electron chi connectivity index (χ1n) is 6.27. The maximum Gasteiger partial charge on any atom is 0.407 e. The van der Waals surface area contributed by atoms with E-state index in [0.717, 1.165) is 32.1 Å². The zero-order chi connectivity index (χ0) is 12.9. The second kappa shape index (κ2) is 11.2. The third-order valence-corrected chi connectivity index (χ3v) is 2.08. The highest BCUT2D eigenvalue weighted by atomic mass is 16.6. The van der Waals surface area contributed by atoms with Gasteiger partial charge in [0.25, 0.3) is 0 Å². The van der Waals surface area contributed by atoms with Crippen molar-refractivity contribution in [2.24, 2.45) is 0 Å². The first kappa shape index (κ1) is 15.7. The lowest BCUT2D eigenvalue weighted by Crippen LogP contribution is -2.31. The largest absolute Gasteiger partial charge is 0.464 e. The monoisotopic (exact) mass is 245 g/mol. The van der Waals surface area contributed by atoms with Gasteiger partial charge < -0.3 is 14.8 Å². The van der Waals surface area contributed by atoms with Gasteiger partial charge in [0.1, 0.15) is 6.54 Å². The maximum absolute atomic E-state index is 11.2. The molecule has 0 saturated carbocycles. The van der Waals surface area contributed by atoms with Crippen molar-refractivity contribution in [3.05, 3.63) is 0 Å². The molecule has 1 N–H and O–H groups in total. The van der Waals surface area contributed by atoms with Gasteiger partial charge in [-0.2, -0.15) is 0 Å². The van der Waals surface area contributed by atoms with Crippen molar-refractivity contribution >= 4 is 12.1 Å². The van der Waals surface area contributed by atoms with Gasteiger partial charge in [0, 0.05) is 0 Å². The minimum absolute atomic E-state index is 0.129. The quantitative estimate of drug-likeness (QED) is 0.500. The molecular formula is C12H23NO4. The van der Waals surface area contributed by atoms with E-state index in [9.17, 15) is 9.59 Å². The van der Waals surface area contributed by atoms with Gasteiger partial charge in [0.15, 0.2) is 0 Å². The molecule has 0 radical (unpaired) electrons. The Hall–Kier alpha value is -1.26. The summed E-state index contributed by atoms with van der Waals surface area (Å²) < 4.78 is 9.68. The first-order valence-corrected chi connectivity index (χ1v) is 6.27. The highest BCUT2D eigenvalue weighted by Crippen LogP contribution is 1.98. The lowest BCUT2D eigenvalue weighted by molar-refractivity contribution is -0.142. The number of rotatable bonds is 9. The average molecular weight is 245 g/mol. The number of hydrogen-bond donors (Lipinski definition) is 1. The van der Waals surface area contributed by atoms with E-state index in [0.29, 0.717) is 13.2 Å². The number of hydrogen-bond acceptors (Lipinski definition) is 4. The number of nitrogens with one attached hydrogen (secondary N) is 1. The molecule has 0 heterocycles. The molecule has 1 amide bonds. The van der Waals surface area contributed by atoms with Crippen molar-refractivity contribution in [2.75, 3.05) is 19.8 Å². The smallest absolute Gasteiger partial charge is 0.407 e. The van der Waals surface area contributed by atoms with E-state index in [1.165, 1.54) is 0 Å². The molecule has 5 nitrogen and oxygen atoms in total. The van der Waals surface area contributed by atoms with Crippen LogP contribution in [0.2, 0.25) is 0 Å². The molecule has 0 saturated heterocycles. The molecule has 0 aromatic carbocycles. The molecule has 0 aromatic heterocycles. The fraction of sp³-hybridized carbons (Fsp3) is 0.833. The average Bonchev–Trinajstić information content (AvgIpc) is 2.33. The van der Waals surface area contributed by atoms with Crippen LogP contribution in [0.5, 0.6) is 0 Å². The van der Waals surface area contributed by atoms with Crippen LogP contribution in [-0.2, 0) is 14.3 Å². The van der Waals surface area contributed by atoms with E-state index < -0.39 is 12.1 Å². The van der Waals surface area contributed by atoms with E-state index in [2.05, 4.69) is 12.2 Å². The van der Waals surface area contributed by atoms with Crippen LogP contribution in [0.1, 0.15) is 46.0 Å². The molecule has 0 bridgehead atoms. The van der Waals surface area contributed by atoms with Crippen LogP contribution < -0.4 is 5.32 Å². The van der Waals surface area contributed by atoms with Gasteiger partial charge >= 0.3 is 12.1 Å². The molecule has 0 rings (SSSR count). The van der Waals surface area contributed by atoms with Gasteiger partial charge in [-0.3, -0.25) is 4.79 Å². The summed E-state index contributed by atoms with van der Waals surface area (Å²) >= 11 is 0. The first-order chi connectivity index (χ1) is 8.20. The Morgan fingerprint density at radius 1 is 0.941 bits per heavy atom. The van der Waals surface area contributed by atoms with Gasteiger partial charge in [-0.1, -0.05) is 33.1 Å². The van der Waals surface area contributed by atoms with Gasteiger partial charge in [-0.05, 0) is 12.8 Å². The standard InChI is InChI=1S/C12H23NO4/c1-3-5-6-7-9-16-11(14)10-13-12(15)17-8-4-2/h3-10H2,1-2H3,(H,13,15). The molecule has 0 fully saturated rings. The lowest BCUT2D eigenvalue weighted by Gasteiger charge is -2.06. The van der Waals surface area contributed by atoms with Gasteiger partial charge in [0.2, 0.25) is 0 Å². The predicted octanol–water partition coefficient (Wildman–Crippen LogP) is 2.25. The van der Waals surface area contributed by atoms with Crippen LogP contribution in [-0.4, -0.2) is 31.8 Å². The molecule has 0 aliphatic heterocycles. The fourth-order valence-electron chi connectivity index (χ4n) is 1.16. The van der Waals surface area contributed by atoms with E-state index in [1.807, 2.05) is 6.92 Å². The molecule has 5 heteroatoms. The summed E-state index contributed by atoms with van der Waals surface area (Å²) in [7, 11) is 0. The Morgan fingerprint density at radius 2 is 1.71 bits per heavy atom. The molecule has 0 aromatic rings. The Bertz CT molecular complexity index is 219. The van der Waals surface area contributed by atoms with Gasteiger partial charge in [-0.15, -0.1) is 0 Å². The summed E-state index contributed by atoms with van der Waals surface area (Å²) in [5.41, 5.74) is 0. The molecule has 0 spiro atoms. The lowest BCUT2D eigenvalue weighted by atomic mass is 10.2. The Morgan fingerprint density at radius 3 is 2.35 bits per heavy atom.